The molecule has 1 aliphatic rings. The zero-order chi connectivity index (χ0) is 25.1. The van der Waals surface area contributed by atoms with Crippen molar-refractivity contribution in [3.8, 4) is 5.75 Å². The molecule has 13 heteroatoms. The van der Waals surface area contributed by atoms with E-state index in [1.807, 2.05) is 6.07 Å². The number of pyridine rings is 1. The van der Waals surface area contributed by atoms with Crippen LogP contribution in [0, 0.1) is 0 Å². The van der Waals surface area contributed by atoms with E-state index in [0.29, 0.717) is 0 Å². The third-order valence-corrected chi connectivity index (χ3v) is 9.70. The lowest BCUT2D eigenvalue weighted by atomic mass is 10.2. The molecule has 3 aromatic rings. The number of hydrogen-bond acceptors (Lipinski definition) is 9. The van der Waals surface area contributed by atoms with E-state index in [9.17, 15) is 28.8 Å². The number of hydrogen-bond donors (Lipinski definition) is 3. The molecule has 1 saturated heterocycles. The molecule has 2 unspecified atom stereocenters. The maximum atomic E-state index is 12.9. The topological polar surface area (TPSA) is 162 Å². The van der Waals surface area contributed by atoms with Gasteiger partial charge in [0.15, 0.2) is 0 Å². The lowest BCUT2D eigenvalue weighted by Gasteiger charge is -2.41. The van der Waals surface area contributed by atoms with Crippen LogP contribution in [-0.4, -0.2) is 31.1 Å². The number of benzene rings is 2. The van der Waals surface area contributed by atoms with Crippen LogP contribution in [0.25, 0.3) is 0 Å². The van der Waals surface area contributed by atoms with Crippen LogP contribution in [0.4, 0.5) is 4.79 Å². The van der Waals surface area contributed by atoms with Gasteiger partial charge in [0.1, 0.15) is 12.4 Å². The molecule has 4 rings (SSSR count). The molecule has 3 N–H and O–H groups in total. The molecule has 0 spiro atoms. The van der Waals surface area contributed by atoms with E-state index in [-0.39, 0.29) is 23.5 Å². The molecule has 1 fully saturated rings. The van der Waals surface area contributed by atoms with Crippen LogP contribution in [0.2, 0.25) is 0 Å². The van der Waals surface area contributed by atoms with Crippen molar-refractivity contribution in [3.05, 3.63) is 95.8 Å². The van der Waals surface area contributed by atoms with Gasteiger partial charge in [-0.25, -0.2) is 4.79 Å². The highest BCUT2D eigenvalue weighted by molar-refractivity contribution is 7.73. The van der Waals surface area contributed by atoms with Crippen LogP contribution in [0.1, 0.15) is 23.0 Å². The predicted molar refractivity (Wildman–Crippen MR) is 121 cm³/mol. The zero-order valence-electron chi connectivity index (χ0n) is 18.0. The lowest BCUT2D eigenvalue weighted by Crippen LogP contribution is -2.37. The Morgan fingerprint density at radius 1 is 0.943 bits per heavy atom. The van der Waals surface area contributed by atoms with Crippen LogP contribution < -0.4 is 4.74 Å². The first-order chi connectivity index (χ1) is 16.6. The summed E-state index contributed by atoms with van der Waals surface area (Å²) in [5, 5.41) is 7.65. The molecular weight excluding hydrogens is 500 g/mol. The average Bonchev–Trinajstić information content (AvgIpc) is 2.83. The Bertz CT molecular complexity index is 1240. The molecule has 2 atom stereocenters. The second kappa shape index (κ2) is 10.0. The van der Waals surface area contributed by atoms with Crippen molar-refractivity contribution >= 4 is 21.3 Å². The maximum Gasteiger partial charge on any atom is 0.514 e. The minimum absolute atomic E-state index is 0.0149. The van der Waals surface area contributed by atoms with E-state index in [1.165, 1.54) is 48.8 Å². The molecule has 2 heterocycles. The monoisotopic (exact) mass is 521 g/mol. The Kier molecular flexibility index (Phi) is 7.21. The van der Waals surface area contributed by atoms with Gasteiger partial charge in [-0.1, -0.05) is 48.5 Å². The van der Waals surface area contributed by atoms with Crippen LogP contribution in [0.3, 0.4) is 0 Å². The highest BCUT2D eigenvalue weighted by atomic mass is 31.2. The van der Waals surface area contributed by atoms with Crippen molar-refractivity contribution in [3.63, 3.8) is 0 Å². The third-order valence-electron chi connectivity index (χ3n) is 5.10. The summed E-state index contributed by atoms with van der Waals surface area (Å²) < 4.78 is 45.9. The summed E-state index contributed by atoms with van der Waals surface area (Å²) in [6, 6.07) is 17.2. The Morgan fingerprint density at radius 2 is 1.57 bits per heavy atom. The molecular formula is C22H21NO10P2. The fourth-order valence-electron chi connectivity index (χ4n) is 3.24. The standard InChI is InChI=1S/C22H21NO10P2/c24-21(30-15-16-5-2-1-3-6-16)31-19-10-8-18(9-11-19)20-32-34(26,27)22(25,35(28,29)33-20)13-17-7-4-12-23-14-17/h1-12,14,20,25H,13,15H2,(H,26,27)(H,28,29). The number of rotatable bonds is 6. The second-order valence-electron chi connectivity index (χ2n) is 7.59. The molecule has 11 nitrogen and oxygen atoms in total. The Morgan fingerprint density at radius 3 is 2.17 bits per heavy atom. The summed E-state index contributed by atoms with van der Waals surface area (Å²) in [5.74, 6) is 0.0788. The van der Waals surface area contributed by atoms with E-state index < -0.39 is 39.1 Å². The Labute approximate surface area is 200 Å². The molecule has 0 bridgehead atoms. The van der Waals surface area contributed by atoms with Crippen molar-refractivity contribution in [2.24, 2.45) is 0 Å². The van der Waals surface area contributed by atoms with Crippen molar-refractivity contribution in [1.29, 1.82) is 0 Å². The van der Waals surface area contributed by atoms with Crippen LogP contribution in [0.15, 0.2) is 79.1 Å². The molecule has 0 amide bonds. The van der Waals surface area contributed by atoms with Gasteiger partial charge in [-0.05, 0) is 29.3 Å². The fraction of sp³-hybridized carbons (Fsp3) is 0.182. The molecule has 184 valence electrons. The second-order valence-corrected chi connectivity index (χ2v) is 11.9. The van der Waals surface area contributed by atoms with E-state index >= 15 is 0 Å². The van der Waals surface area contributed by atoms with Gasteiger partial charge in [0.2, 0.25) is 6.29 Å². The molecule has 0 saturated carbocycles. The summed E-state index contributed by atoms with van der Waals surface area (Å²) >= 11 is 0. The minimum atomic E-state index is -5.11. The van der Waals surface area contributed by atoms with Gasteiger partial charge in [0.25, 0.3) is 5.08 Å². The molecule has 35 heavy (non-hydrogen) atoms. The van der Waals surface area contributed by atoms with E-state index in [4.69, 9.17) is 18.5 Å². The molecule has 1 aromatic heterocycles. The average molecular weight is 521 g/mol. The van der Waals surface area contributed by atoms with Crippen LogP contribution in [-0.2, 0) is 35.9 Å². The Hall–Kier alpha value is -2.88. The lowest BCUT2D eigenvalue weighted by molar-refractivity contribution is -0.0579. The third kappa shape index (κ3) is 5.52. The highest BCUT2D eigenvalue weighted by Crippen LogP contribution is 2.79. The smallest absolute Gasteiger partial charge is 0.429 e. The number of carbonyl (C=O) groups is 1. The molecule has 2 aromatic carbocycles. The van der Waals surface area contributed by atoms with Gasteiger partial charge in [-0.3, -0.25) is 23.2 Å². The normalized spacial score (nSPS) is 28.3. The fourth-order valence-corrected chi connectivity index (χ4v) is 6.82. The number of aliphatic hydroxyl groups is 1. The summed E-state index contributed by atoms with van der Waals surface area (Å²) in [4.78, 5) is 36.5. The molecule has 0 radical (unpaired) electrons. The van der Waals surface area contributed by atoms with Gasteiger partial charge in [-0.2, -0.15) is 0 Å². The van der Waals surface area contributed by atoms with Crippen LogP contribution in [0.5, 0.6) is 5.75 Å². The summed E-state index contributed by atoms with van der Waals surface area (Å²) in [7, 11) is -10.2. The van der Waals surface area contributed by atoms with Crippen molar-refractivity contribution < 1.29 is 47.3 Å². The van der Waals surface area contributed by atoms with Crippen molar-refractivity contribution in [1.82, 2.24) is 4.98 Å². The minimum Gasteiger partial charge on any atom is -0.429 e. The summed E-state index contributed by atoms with van der Waals surface area (Å²) in [6.45, 7) is 0.0149. The number of nitrogens with zero attached hydrogens (tertiary/aromatic N) is 1. The largest absolute Gasteiger partial charge is 0.514 e. The van der Waals surface area contributed by atoms with E-state index in [0.717, 1.165) is 5.56 Å². The Balaban J connectivity index is 1.43. The zero-order valence-corrected chi connectivity index (χ0v) is 19.8. The molecule has 0 aliphatic carbocycles. The predicted octanol–water partition coefficient (Wildman–Crippen LogP) is 4.10. The first kappa shape index (κ1) is 25.2. The van der Waals surface area contributed by atoms with E-state index in [1.54, 1.807) is 24.3 Å². The van der Waals surface area contributed by atoms with Gasteiger partial charge in [0, 0.05) is 24.4 Å². The van der Waals surface area contributed by atoms with Gasteiger partial charge >= 0.3 is 21.3 Å². The number of ether oxygens (including phenoxy) is 2. The first-order valence-corrected chi connectivity index (χ1v) is 13.4. The van der Waals surface area contributed by atoms with Crippen molar-refractivity contribution in [2.45, 2.75) is 24.4 Å². The maximum absolute atomic E-state index is 12.9. The summed E-state index contributed by atoms with van der Waals surface area (Å²) in [6.07, 6.45) is -0.687. The SMILES string of the molecule is O=C(OCc1ccccc1)Oc1ccc(C2OP(=O)(O)C(O)(Cc3cccnc3)P(=O)(O)O2)cc1. The van der Waals surface area contributed by atoms with E-state index in [2.05, 4.69) is 4.98 Å². The summed E-state index contributed by atoms with van der Waals surface area (Å²) in [5.41, 5.74) is 1.07. The van der Waals surface area contributed by atoms with Gasteiger partial charge < -0.3 is 24.4 Å². The van der Waals surface area contributed by atoms with Gasteiger partial charge in [-0.15, -0.1) is 0 Å². The quantitative estimate of drug-likeness (QED) is 0.243. The molecule has 1 aliphatic heterocycles. The van der Waals surface area contributed by atoms with Crippen molar-refractivity contribution in [2.75, 3.05) is 0 Å². The first-order valence-electron chi connectivity index (χ1n) is 10.2. The number of aromatic nitrogens is 1. The number of carbonyl (C=O) groups excluding carboxylic acids is 1. The van der Waals surface area contributed by atoms with Crippen LogP contribution >= 0.6 is 15.2 Å². The van der Waals surface area contributed by atoms with Gasteiger partial charge in [0.05, 0.1) is 0 Å². The highest BCUT2D eigenvalue weighted by Gasteiger charge is 2.67.